The molecule has 8 nitrogen and oxygen atoms in total. The molecule has 28 heavy (non-hydrogen) atoms. The van der Waals surface area contributed by atoms with Gasteiger partial charge < -0.3 is 5.32 Å². The van der Waals surface area contributed by atoms with E-state index in [1.54, 1.807) is 18.6 Å². The summed E-state index contributed by atoms with van der Waals surface area (Å²) < 4.78 is 23.3. The molecule has 4 rings (SSSR count). The lowest BCUT2D eigenvalue weighted by Gasteiger charge is -2.34. The van der Waals surface area contributed by atoms with Crippen LogP contribution in [-0.4, -0.2) is 64.8 Å². The van der Waals surface area contributed by atoms with E-state index < -0.39 is 9.84 Å². The summed E-state index contributed by atoms with van der Waals surface area (Å²) >= 11 is 1.48. The molecule has 2 fully saturated rings. The van der Waals surface area contributed by atoms with Gasteiger partial charge in [0.1, 0.15) is 10.7 Å². The van der Waals surface area contributed by atoms with E-state index in [9.17, 15) is 13.2 Å². The number of likely N-dealkylation sites (tertiary alicyclic amines) is 1. The van der Waals surface area contributed by atoms with E-state index in [1.165, 1.54) is 11.3 Å². The summed E-state index contributed by atoms with van der Waals surface area (Å²) in [7, 11) is -2.87. The summed E-state index contributed by atoms with van der Waals surface area (Å²) in [6.07, 6.45) is 7.18. The van der Waals surface area contributed by atoms with Gasteiger partial charge in [0, 0.05) is 29.7 Å². The van der Waals surface area contributed by atoms with Crippen molar-refractivity contribution in [2.75, 3.05) is 24.6 Å². The second kappa shape index (κ2) is 8.22. The number of amides is 1. The fourth-order valence-corrected chi connectivity index (χ4v) is 6.37. The number of nitrogens with one attached hydrogen (secondary N) is 1. The van der Waals surface area contributed by atoms with E-state index in [0.29, 0.717) is 12.3 Å². The van der Waals surface area contributed by atoms with Crippen LogP contribution >= 0.6 is 11.3 Å². The summed E-state index contributed by atoms with van der Waals surface area (Å²) in [5.41, 5.74) is 1.54. The average molecular weight is 422 g/mol. The molecule has 150 valence electrons. The number of rotatable bonds is 5. The van der Waals surface area contributed by atoms with Crippen LogP contribution in [0.25, 0.3) is 10.7 Å². The van der Waals surface area contributed by atoms with Gasteiger partial charge in [-0.1, -0.05) is 0 Å². The Morgan fingerprint density at radius 3 is 2.75 bits per heavy atom. The Bertz CT molecular complexity index is 924. The van der Waals surface area contributed by atoms with Gasteiger partial charge in [-0.2, -0.15) is 0 Å². The van der Waals surface area contributed by atoms with Crippen LogP contribution < -0.4 is 5.32 Å². The van der Waals surface area contributed by atoms with Crippen LogP contribution in [0, 0.1) is 5.92 Å². The normalized spacial score (nSPS) is 22.9. The Morgan fingerprint density at radius 2 is 2.07 bits per heavy atom. The Balaban J connectivity index is 1.25. The molecule has 2 aromatic heterocycles. The van der Waals surface area contributed by atoms with Crippen LogP contribution in [0.3, 0.4) is 0 Å². The number of carbonyl (C=O) groups excluding carboxylic acids is 1. The summed E-state index contributed by atoms with van der Waals surface area (Å²) in [5.74, 6) is 0.587. The van der Waals surface area contributed by atoms with Crippen molar-refractivity contribution in [2.45, 2.75) is 31.8 Å². The molecule has 0 saturated carbocycles. The molecule has 0 aliphatic carbocycles. The van der Waals surface area contributed by atoms with Crippen LogP contribution in [0.4, 0.5) is 0 Å². The Morgan fingerprint density at radius 1 is 1.25 bits per heavy atom. The van der Waals surface area contributed by atoms with Gasteiger partial charge in [-0.05, 0) is 32.4 Å². The summed E-state index contributed by atoms with van der Waals surface area (Å²) in [5, 5.41) is 5.70. The first-order valence-electron chi connectivity index (χ1n) is 9.43. The molecule has 10 heteroatoms. The molecule has 0 aromatic carbocycles. The molecule has 1 unspecified atom stereocenters. The van der Waals surface area contributed by atoms with E-state index in [2.05, 4.69) is 25.2 Å². The van der Waals surface area contributed by atoms with E-state index in [0.717, 1.165) is 48.7 Å². The van der Waals surface area contributed by atoms with E-state index in [-0.39, 0.29) is 23.6 Å². The second-order valence-corrected chi connectivity index (χ2v) is 10.4. The average Bonchev–Trinajstić information content (AvgIpc) is 3.33. The van der Waals surface area contributed by atoms with Crippen LogP contribution in [-0.2, 0) is 21.2 Å². The first-order valence-corrected chi connectivity index (χ1v) is 12.1. The van der Waals surface area contributed by atoms with Crippen LogP contribution in [0.1, 0.15) is 25.0 Å². The third-order valence-electron chi connectivity index (χ3n) is 5.40. The van der Waals surface area contributed by atoms with Crippen molar-refractivity contribution in [3.63, 3.8) is 0 Å². The van der Waals surface area contributed by atoms with Crippen molar-refractivity contribution >= 4 is 27.1 Å². The first kappa shape index (κ1) is 19.4. The highest BCUT2D eigenvalue weighted by Gasteiger charge is 2.35. The number of nitrogens with zero attached hydrogens (tertiary/aromatic N) is 4. The van der Waals surface area contributed by atoms with Gasteiger partial charge in [-0.15, -0.1) is 11.3 Å². The fraction of sp³-hybridized carbons (Fsp3) is 0.556. The van der Waals surface area contributed by atoms with Gasteiger partial charge in [0.15, 0.2) is 9.84 Å². The highest BCUT2D eigenvalue weighted by atomic mass is 32.2. The van der Waals surface area contributed by atoms with Gasteiger partial charge in [0.2, 0.25) is 5.91 Å². The maximum absolute atomic E-state index is 12.5. The predicted molar refractivity (Wildman–Crippen MR) is 106 cm³/mol. The van der Waals surface area contributed by atoms with Crippen molar-refractivity contribution in [1.29, 1.82) is 0 Å². The van der Waals surface area contributed by atoms with E-state index >= 15 is 0 Å². The molecule has 0 bridgehead atoms. The first-order chi connectivity index (χ1) is 13.5. The minimum atomic E-state index is -2.87. The molecule has 2 aliphatic heterocycles. The molecule has 0 radical (unpaired) electrons. The topological polar surface area (TPSA) is 105 Å². The van der Waals surface area contributed by atoms with Gasteiger partial charge in [0.05, 0.1) is 29.9 Å². The van der Waals surface area contributed by atoms with Gasteiger partial charge >= 0.3 is 0 Å². The maximum Gasteiger partial charge on any atom is 0.223 e. The van der Waals surface area contributed by atoms with E-state index in [1.807, 2.05) is 5.38 Å². The number of piperidine rings is 1. The highest BCUT2D eigenvalue weighted by Crippen LogP contribution is 2.25. The molecule has 1 N–H and O–H groups in total. The molecule has 0 spiro atoms. The Hall–Kier alpha value is -1.91. The predicted octanol–water partition coefficient (Wildman–Crippen LogP) is 1.12. The maximum atomic E-state index is 12.5. The number of hydrogen-bond donors (Lipinski definition) is 1. The molecule has 2 aromatic rings. The monoisotopic (exact) mass is 421 g/mol. The smallest absolute Gasteiger partial charge is 0.223 e. The lowest BCUT2D eigenvalue weighted by atomic mass is 9.94. The SMILES string of the molecule is O=C(NCc1csc(-c2cnccn2)n1)C1CCN(C2CCS(=O)(=O)C2)CC1. The number of thiazole rings is 1. The minimum absolute atomic E-state index is 0.0210. The quantitative estimate of drug-likeness (QED) is 0.771. The van der Waals surface area contributed by atoms with Crippen LogP contribution in [0.2, 0.25) is 0 Å². The molecular formula is C18H23N5O3S2. The van der Waals surface area contributed by atoms with Gasteiger partial charge in [-0.25, -0.2) is 13.4 Å². The van der Waals surface area contributed by atoms with Crippen molar-refractivity contribution in [1.82, 2.24) is 25.2 Å². The van der Waals surface area contributed by atoms with Crippen LogP contribution in [0.5, 0.6) is 0 Å². The molecule has 4 heterocycles. The number of hydrogen-bond acceptors (Lipinski definition) is 8. The van der Waals surface area contributed by atoms with Crippen molar-refractivity contribution in [3.05, 3.63) is 29.7 Å². The third kappa shape index (κ3) is 4.56. The summed E-state index contributed by atoms with van der Waals surface area (Å²) in [6.45, 7) is 1.97. The molecule has 2 saturated heterocycles. The zero-order chi connectivity index (χ0) is 19.6. The molecule has 2 aliphatic rings. The van der Waals surface area contributed by atoms with Crippen LogP contribution in [0.15, 0.2) is 24.0 Å². The summed E-state index contributed by atoms with van der Waals surface area (Å²) in [4.78, 5) is 27.5. The van der Waals surface area contributed by atoms with Crippen molar-refractivity contribution in [3.8, 4) is 10.7 Å². The number of carbonyl (C=O) groups is 1. The Kier molecular flexibility index (Phi) is 5.70. The van der Waals surface area contributed by atoms with Crippen molar-refractivity contribution < 1.29 is 13.2 Å². The highest BCUT2D eigenvalue weighted by molar-refractivity contribution is 7.91. The number of aromatic nitrogens is 3. The molecule has 1 amide bonds. The zero-order valence-electron chi connectivity index (χ0n) is 15.5. The number of sulfone groups is 1. The van der Waals surface area contributed by atoms with E-state index in [4.69, 9.17) is 0 Å². The standard InChI is InChI=1S/C18H23N5O3S2/c24-17(13-1-6-23(7-2-13)15-3-8-28(25,26)12-15)21-9-14-11-27-18(22-14)16-10-19-4-5-20-16/h4-5,10-11,13,15H,1-3,6-9,12H2,(H,21,24). The minimum Gasteiger partial charge on any atom is -0.350 e. The summed E-state index contributed by atoms with van der Waals surface area (Å²) in [6, 6.07) is 0.128. The van der Waals surface area contributed by atoms with Gasteiger partial charge in [-0.3, -0.25) is 19.7 Å². The molecular weight excluding hydrogens is 398 g/mol. The fourth-order valence-electron chi connectivity index (χ4n) is 3.83. The zero-order valence-corrected chi connectivity index (χ0v) is 17.1. The lowest BCUT2D eigenvalue weighted by molar-refractivity contribution is -0.126. The third-order valence-corrected chi connectivity index (χ3v) is 8.07. The lowest BCUT2D eigenvalue weighted by Crippen LogP contribution is -2.45. The Labute approximate surface area is 168 Å². The van der Waals surface area contributed by atoms with Crippen molar-refractivity contribution in [2.24, 2.45) is 5.92 Å². The largest absolute Gasteiger partial charge is 0.350 e. The van der Waals surface area contributed by atoms with Gasteiger partial charge in [0.25, 0.3) is 0 Å². The second-order valence-electron chi connectivity index (χ2n) is 7.32. The molecule has 1 atom stereocenters.